The number of nitrogens with one attached hydrogen (secondary N) is 1. The van der Waals surface area contributed by atoms with E-state index in [4.69, 9.17) is 0 Å². The molecular formula is C18H30IN5. The monoisotopic (exact) mass is 443 g/mol. The van der Waals surface area contributed by atoms with Crippen molar-refractivity contribution in [2.75, 3.05) is 38.6 Å². The normalized spacial score (nSPS) is 14.2. The number of anilines is 1. The molecule has 0 atom stereocenters. The fraction of sp³-hybridized carbons (Fsp3) is 0.556. The average Bonchev–Trinajstić information content (AvgIpc) is 3.10. The summed E-state index contributed by atoms with van der Waals surface area (Å²) >= 11 is 0. The van der Waals surface area contributed by atoms with Gasteiger partial charge in [-0.2, -0.15) is 0 Å². The number of aromatic nitrogens is 1. The lowest BCUT2D eigenvalue weighted by Crippen LogP contribution is -2.39. The fourth-order valence-electron chi connectivity index (χ4n) is 2.83. The third kappa shape index (κ3) is 6.30. The molecule has 24 heavy (non-hydrogen) atoms. The summed E-state index contributed by atoms with van der Waals surface area (Å²) in [5.41, 5.74) is 1.24. The highest BCUT2D eigenvalue weighted by molar-refractivity contribution is 14.0. The minimum atomic E-state index is 0. The third-order valence-electron chi connectivity index (χ3n) is 4.17. The van der Waals surface area contributed by atoms with E-state index in [0.717, 1.165) is 50.8 Å². The second kappa shape index (κ2) is 11.3. The van der Waals surface area contributed by atoms with E-state index in [0.29, 0.717) is 0 Å². The van der Waals surface area contributed by atoms with Gasteiger partial charge in [-0.3, -0.25) is 4.99 Å². The first-order valence-corrected chi connectivity index (χ1v) is 8.47. The number of pyridine rings is 1. The number of guanidine groups is 1. The molecule has 134 valence electrons. The number of hydrogen-bond acceptors (Lipinski definition) is 3. The van der Waals surface area contributed by atoms with Crippen molar-refractivity contribution >= 4 is 35.8 Å². The van der Waals surface area contributed by atoms with Gasteiger partial charge in [0, 0.05) is 46.5 Å². The van der Waals surface area contributed by atoms with Crippen LogP contribution < -0.4 is 10.2 Å². The molecule has 1 aliphatic rings. The Morgan fingerprint density at radius 2 is 2.21 bits per heavy atom. The summed E-state index contributed by atoms with van der Waals surface area (Å²) in [5, 5.41) is 3.43. The lowest BCUT2D eigenvalue weighted by atomic mass is 10.2. The summed E-state index contributed by atoms with van der Waals surface area (Å²) in [6.07, 6.45) is 8.53. The van der Waals surface area contributed by atoms with E-state index >= 15 is 0 Å². The molecule has 2 rings (SSSR count). The van der Waals surface area contributed by atoms with E-state index in [2.05, 4.69) is 50.9 Å². The van der Waals surface area contributed by atoms with Crippen LogP contribution in [0.4, 0.5) is 5.82 Å². The summed E-state index contributed by atoms with van der Waals surface area (Å²) in [4.78, 5) is 13.4. The van der Waals surface area contributed by atoms with Crippen LogP contribution >= 0.6 is 24.0 Å². The molecule has 1 saturated heterocycles. The lowest BCUT2D eigenvalue weighted by Gasteiger charge is -2.22. The first-order chi connectivity index (χ1) is 11.2. The minimum absolute atomic E-state index is 0. The average molecular weight is 443 g/mol. The van der Waals surface area contributed by atoms with Gasteiger partial charge in [0.2, 0.25) is 0 Å². The Labute approximate surface area is 163 Å². The molecule has 5 nitrogen and oxygen atoms in total. The maximum Gasteiger partial charge on any atom is 0.193 e. The Morgan fingerprint density at radius 3 is 2.88 bits per heavy atom. The van der Waals surface area contributed by atoms with Gasteiger partial charge in [-0.05, 0) is 43.4 Å². The maximum absolute atomic E-state index is 4.50. The Hall–Kier alpha value is -1.31. The second-order valence-corrected chi connectivity index (χ2v) is 5.97. The largest absolute Gasteiger partial charge is 0.357 e. The summed E-state index contributed by atoms with van der Waals surface area (Å²) in [5.74, 6) is 2.02. The summed E-state index contributed by atoms with van der Waals surface area (Å²) < 4.78 is 0. The van der Waals surface area contributed by atoms with Crippen molar-refractivity contribution in [2.45, 2.75) is 32.2 Å². The van der Waals surface area contributed by atoms with Gasteiger partial charge in [-0.25, -0.2) is 4.98 Å². The molecule has 0 amide bonds. The smallest absolute Gasteiger partial charge is 0.193 e. The number of nitrogens with zero attached hydrogens (tertiary/aromatic N) is 4. The van der Waals surface area contributed by atoms with E-state index in [9.17, 15) is 0 Å². The van der Waals surface area contributed by atoms with Gasteiger partial charge in [0.05, 0.1) is 0 Å². The van der Waals surface area contributed by atoms with Crippen LogP contribution in [0, 0.1) is 0 Å². The molecule has 1 aromatic heterocycles. The molecule has 1 aliphatic heterocycles. The van der Waals surface area contributed by atoms with Crippen LogP contribution in [0.3, 0.4) is 0 Å². The predicted octanol–water partition coefficient (Wildman–Crippen LogP) is 3.27. The first kappa shape index (κ1) is 20.7. The van der Waals surface area contributed by atoms with Gasteiger partial charge >= 0.3 is 0 Å². The van der Waals surface area contributed by atoms with E-state index in [1.54, 1.807) is 0 Å². The molecule has 1 aromatic rings. The molecule has 6 heteroatoms. The van der Waals surface area contributed by atoms with Crippen molar-refractivity contribution in [1.29, 1.82) is 0 Å². The van der Waals surface area contributed by atoms with Crippen molar-refractivity contribution in [1.82, 2.24) is 15.2 Å². The minimum Gasteiger partial charge on any atom is -0.357 e. The highest BCUT2D eigenvalue weighted by atomic mass is 127. The molecule has 0 radical (unpaired) electrons. The Bertz CT molecular complexity index is 526. The highest BCUT2D eigenvalue weighted by Gasteiger charge is 2.13. The zero-order valence-electron chi connectivity index (χ0n) is 14.9. The van der Waals surface area contributed by atoms with Gasteiger partial charge in [0.1, 0.15) is 5.82 Å². The van der Waals surface area contributed by atoms with E-state index < -0.39 is 0 Å². The van der Waals surface area contributed by atoms with E-state index in [-0.39, 0.29) is 24.0 Å². The number of aliphatic imine (C=N–C) groups is 1. The van der Waals surface area contributed by atoms with Crippen molar-refractivity contribution in [2.24, 2.45) is 4.99 Å². The Balaban J connectivity index is 0.00000288. The molecule has 2 heterocycles. The number of allylic oxidation sites excluding steroid dienone is 1. The topological polar surface area (TPSA) is 43.8 Å². The Kier molecular flexibility index (Phi) is 9.75. The van der Waals surface area contributed by atoms with Crippen molar-refractivity contribution < 1.29 is 0 Å². The van der Waals surface area contributed by atoms with Crippen LogP contribution in [0.15, 0.2) is 36.0 Å². The predicted molar refractivity (Wildman–Crippen MR) is 113 cm³/mol. The molecule has 0 saturated carbocycles. The highest BCUT2D eigenvalue weighted by Crippen LogP contribution is 2.18. The summed E-state index contributed by atoms with van der Waals surface area (Å²) in [6, 6.07) is 4.25. The van der Waals surface area contributed by atoms with Gasteiger partial charge in [-0.15, -0.1) is 30.6 Å². The van der Waals surface area contributed by atoms with Crippen LogP contribution in [0.25, 0.3) is 0 Å². The molecule has 0 bridgehead atoms. The van der Waals surface area contributed by atoms with Gasteiger partial charge in [0.25, 0.3) is 0 Å². The van der Waals surface area contributed by atoms with E-state index in [1.807, 2.05) is 19.3 Å². The zero-order chi connectivity index (χ0) is 16.5. The second-order valence-electron chi connectivity index (χ2n) is 5.97. The van der Waals surface area contributed by atoms with Gasteiger partial charge in [-0.1, -0.05) is 6.08 Å². The maximum atomic E-state index is 4.50. The van der Waals surface area contributed by atoms with Gasteiger partial charge < -0.3 is 15.1 Å². The SMILES string of the molecule is C=CCCCN(C)C(=NC)NCc1ccnc(N2CCCC2)c1.I. The van der Waals surface area contributed by atoms with Crippen LogP contribution in [-0.4, -0.2) is 49.6 Å². The molecule has 0 unspecified atom stereocenters. The standard InChI is InChI=1S/C18H29N5.HI/c1-4-5-6-11-22(3)18(19-2)21-15-16-9-10-20-17(14-16)23-12-7-8-13-23;/h4,9-10,14H,1,5-8,11-13,15H2,2-3H3,(H,19,21);1H. The first-order valence-electron chi connectivity index (χ1n) is 8.47. The number of hydrogen-bond donors (Lipinski definition) is 1. The quantitative estimate of drug-likeness (QED) is 0.231. The van der Waals surface area contributed by atoms with Crippen LogP contribution in [0.5, 0.6) is 0 Å². The van der Waals surface area contributed by atoms with Crippen molar-refractivity contribution in [3.63, 3.8) is 0 Å². The molecule has 0 aliphatic carbocycles. The third-order valence-corrected chi connectivity index (χ3v) is 4.17. The van der Waals surface area contributed by atoms with Crippen LogP contribution in [0.2, 0.25) is 0 Å². The lowest BCUT2D eigenvalue weighted by molar-refractivity contribution is 0.470. The number of rotatable bonds is 7. The van der Waals surface area contributed by atoms with Crippen molar-refractivity contribution in [3.05, 3.63) is 36.5 Å². The molecule has 0 spiro atoms. The number of halogens is 1. The summed E-state index contributed by atoms with van der Waals surface area (Å²) in [7, 11) is 3.90. The van der Waals surface area contributed by atoms with Crippen molar-refractivity contribution in [3.8, 4) is 0 Å². The van der Waals surface area contributed by atoms with E-state index in [1.165, 1.54) is 18.4 Å². The molecule has 1 fully saturated rings. The summed E-state index contributed by atoms with van der Waals surface area (Å²) in [6.45, 7) is 7.75. The number of unbranched alkanes of at least 4 members (excludes halogenated alkanes) is 1. The van der Waals surface area contributed by atoms with Crippen LogP contribution in [-0.2, 0) is 6.54 Å². The Morgan fingerprint density at radius 1 is 1.46 bits per heavy atom. The van der Waals surface area contributed by atoms with Gasteiger partial charge in [0.15, 0.2) is 5.96 Å². The molecule has 1 N–H and O–H groups in total. The van der Waals surface area contributed by atoms with Crippen LogP contribution in [0.1, 0.15) is 31.2 Å². The fourth-order valence-corrected chi connectivity index (χ4v) is 2.83. The molecular weight excluding hydrogens is 413 g/mol. The zero-order valence-corrected chi connectivity index (χ0v) is 17.2. The molecule has 0 aromatic carbocycles.